The average Bonchev–Trinajstić information content (AvgIpc) is 3.10. The van der Waals surface area contributed by atoms with E-state index in [0.29, 0.717) is 25.3 Å². The summed E-state index contributed by atoms with van der Waals surface area (Å²) in [5.41, 5.74) is 0.202. The maximum atomic E-state index is 12.4. The lowest BCUT2D eigenvalue weighted by molar-refractivity contribution is -0.146. The first kappa shape index (κ1) is 16.3. The van der Waals surface area contributed by atoms with Crippen molar-refractivity contribution < 1.29 is 19.4 Å². The van der Waals surface area contributed by atoms with Gasteiger partial charge in [0.15, 0.2) is 0 Å². The third kappa shape index (κ3) is 3.96. The lowest BCUT2D eigenvalue weighted by Gasteiger charge is -2.19. The maximum absolute atomic E-state index is 12.4. The van der Waals surface area contributed by atoms with Gasteiger partial charge in [-0.15, -0.1) is 0 Å². The molecular formula is C16H27NO4. The van der Waals surface area contributed by atoms with E-state index in [0.717, 1.165) is 32.3 Å². The minimum atomic E-state index is -0.827. The first-order valence-electron chi connectivity index (χ1n) is 8.01. The van der Waals surface area contributed by atoms with Gasteiger partial charge in [-0.05, 0) is 43.4 Å². The van der Waals surface area contributed by atoms with Crippen LogP contribution in [0, 0.1) is 23.2 Å². The van der Waals surface area contributed by atoms with Gasteiger partial charge in [-0.2, -0.15) is 0 Å². The fourth-order valence-corrected chi connectivity index (χ4v) is 3.46. The molecule has 0 saturated heterocycles. The SMILES string of the molecule is CCC1CC(C(=O)O)C(C(=O)NCC2(CCOC)CC2)C1. The smallest absolute Gasteiger partial charge is 0.307 e. The number of aliphatic carboxylic acids is 1. The molecule has 0 aromatic carbocycles. The van der Waals surface area contributed by atoms with Crippen molar-refractivity contribution in [2.45, 2.75) is 45.4 Å². The molecule has 2 N–H and O–H groups in total. The van der Waals surface area contributed by atoms with E-state index < -0.39 is 11.9 Å². The van der Waals surface area contributed by atoms with Crippen LogP contribution < -0.4 is 5.32 Å². The molecule has 0 bridgehead atoms. The Morgan fingerprint density at radius 3 is 2.48 bits per heavy atom. The van der Waals surface area contributed by atoms with Crippen LogP contribution in [0.3, 0.4) is 0 Å². The fraction of sp³-hybridized carbons (Fsp3) is 0.875. The highest BCUT2D eigenvalue weighted by Crippen LogP contribution is 2.48. The minimum Gasteiger partial charge on any atom is -0.481 e. The molecule has 5 heteroatoms. The van der Waals surface area contributed by atoms with Gasteiger partial charge in [0.1, 0.15) is 0 Å². The van der Waals surface area contributed by atoms with E-state index in [9.17, 15) is 14.7 Å². The maximum Gasteiger partial charge on any atom is 0.307 e. The average molecular weight is 297 g/mol. The Bertz CT molecular complexity index is 392. The minimum absolute atomic E-state index is 0.0676. The molecule has 0 aliphatic heterocycles. The van der Waals surface area contributed by atoms with Crippen molar-refractivity contribution in [1.82, 2.24) is 5.32 Å². The number of ether oxygens (including phenoxy) is 1. The lowest BCUT2D eigenvalue weighted by atomic mass is 9.94. The first-order chi connectivity index (χ1) is 10.0. The lowest BCUT2D eigenvalue weighted by Crippen LogP contribution is -2.38. The molecule has 3 unspecified atom stereocenters. The van der Waals surface area contributed by atoms with Gasteiger partial charge >= 0.3 is 5.97 Å². The van der Waals surface area contributed by atoms with Gasteiger partial charge in [0.05, 0.1) is 11.8 Å². The second-order valence-electron chi connectivity index (χ2n) is 6.76. The summed E-state index contributed by atoms with van der Waals surface area (Å²) in [6.45, 7) is 3.44. The number of carboxylic acids is 1. The number of hydrogen-bond acceptors (Lipinski definition) is 3. The Kier molecular flexibility index (Phi) is 5.25. The Balaban J connectivity index is 1.86. The topological polar surface area (TPSA) is 75.6 Å². The van der Waals surface area contributed by atoms with Crippen molar-refractivity contribution in [2.24, 2.45) is 23.2 Å². The van der Waals surface area contributed by atoms with Crippen LogP contribution in [0.2, 0.25) is 0 Å². The number of amides is 1. The van der Waals surface area contributed by atoms with Crippen LogP contribution in [0.15, 0.2) is 0 Å². The van der Waals surface area contributed by atoms with Crippen molar-refractivity contribution >= 4 is 11.9 Å². The molecule has 120 valence electrons. The molecule has 3 atom stereocenters. The summed E-state index contributed by atoms with van der Waals surface area (Å²) in [4.78, 5) is 23.7. The predicted molar refractivity (Wildman–Crippen MR) is 78.8 cm³/mol. The van der Waals surface area contributed by atoms with Crippen molar-refractivity contribution in [3.63, 3.8) is 0 Å². The summed E-state index contributed by atoms with van der Waals surface area (Å²) < 4.78 is 5.11. The van der Waals surface area contributed by atoms with E-state index in [2.05, 4.69) is 12.2 Å². The van der Waals surface area contributed by atoms with Crippen LogP contribution in [-0.2, 0) is 14.3 Å². The Labute approximate surface area is 126 Å². The number of carbonyl (C=O) groups excluding carboxylic acids is 1. The third-order valence-corrected chi connectivity index (χ3v) is 5.32. The third-order valence-electron chi connectivity index (χ3n) is 5.32. The van der Waals surface area contributed by atoms with Gasteiger partial charge in [-0.25, -0.2) is 0 Å². The van der Waals surface area contributed by atoms with Crippen LogP contribution in [0.1, 0.15) is 45.4 Å². The first-order valence-corrected chi connectivity index (χ1v) is 8.01. The van der Waals surface area contributed by atoms with Gasteiger partial charge in [0.2, 0.25) is 5.91 Å². The van der Waals surface area contributed by atoms with Crippen LogP contribution >= 0.6 is 0 Å². The van der Waals surface area contributed by atoms with Gasteiger partial charge < -0.3 is 15.2 Å². The zero-order valence-electron chi connectivity index (χ0n) is 13.1. The predicted octanol–water partition coefficient (Wildman–Crippen LogP) is 2.06. The molecule has 2 aliphatic rings. The molecular weight excluding hydrogens is 270 g/mol. The Morgan fingerprint density at radius 2 is 1.95 bits per heavy atom. The zero-order chi connectivity index (χ0) is 15.5. The highest BCUT2D eigenvalue weighted by Gasteiger charge is 2.45. The van der Waals surface area contributed by atoms with Crippen LogP contribution in [0.5, 0.6) is 0 Å². The normalized spacial score (nSPS) is 30.1. The van der Waals surface area contributed by atoms with E-state index in [1.54, 1.807) is 7.11 Å². The highest BCUT2D eigenvalue weighted by molar-refractivity contribution is 5.85. The fourth-order valence-electron chi connectivity index (χ4n) is 3.46. The van der Waals surface area contributed by atoms with Crippen LogP contribution in [0.4, 0.5) is 0 Å². The van der Waals surface area contributed by atoms with Crippen molar-refractivity contribution in [2.75, 3.05) is 20.3 Å². The van der Waals surface area contributed by atoms with Crippen molar-refractivity contribution in [3.05, 3.63) is 0 Å². The number of carbonyl (C=O) groups is 2. The molecule has 0 aromatic heterocycles. The molecule has 0 heterocycles. The summed E-state index contributed by atoms with van der Waals surface area (Å²) >= 11 is 0. The second kappa shape index (κ2) is 6.77. The summed E-state index contributed by atoms with van der Waals surface area (Å²) in [6.07, 6.45) is 5.52. The Morgan fingerprint density at radius 1 is 1.29 bits per heavy atom. The molecule has 0 aromatic rings. The highest BCUT2D eigenvalue weighted by atomic mass is 16.5. The summed E-state index contributed by atoms with van der Waals surface area (Å²) in [7, 11) is 1.69. The van der Waals surface area contributed by atoms with Gasteiger partial charge in [-0.3, -0.25) is 9.59 Å². The van der Waals surface area contributed by atoms with Crippen molar-refractivity contribution in [1.29, 1.82) is 0 Å². The molecule has 5 nitrogen and oxygen atoms in total. The molecule has 1 amide bonds. The van der Waals surface area contributed by atoms with Gasteiger partial charge in [0.25, 0.3) is 0 Å². The molecule has 2 aliphatic carbocycles. The quantitative estimate of drug-likeness (QED) is 0.719. The monoisotopic (exact) mass is 297 g/mol. The van der Waals surface area contributed by atoms with Crippen LogP contribution in [0.25, 0.3) is 0 Å². The van der Waals surface area contributed by atoms with Crippen molar-refractivity contribution in [3.8, 4) is 0 Å². The molecule has 0 spiro atoms. The van der Waals surface area contributed by atoms with Gasteiger partial charge in [0, 0.05) is 20.3 Å². The molecule has 21 heavy (non-hydrogen) atoms. The second-order valence-corrected chi connectivity index (χ2v) is 6.76. The number of nitrogens with one attached hydrogen (secondary N) is 1. The van der Waals surface area contributed by atoms with E-state index in [1.165, 1.54) is 0 Å². The largest absolute Gasteiger partial charge is 0.481 e. The molecule has 0 radical (unpaired) electrons. The van der Waals surface area contributed by atoms with Crippen LogP contribution in [-0.4, -0.2) is 37.2 Å². The number of rotatable bonds is 8. The summed E-state index contributed by atoms with van der Waals surface area (Å²) in [5.74, 6) is -1.39. The molecule has 2 fully saturated rings. The van der Waals surface area contributed by atoms with E-state index in [4.69, 9.17) is 4.74 Å². The number of methoxy groups -OCH3 is 1. The van der Waals surface area contributed by atoms with E-state index in [1.807, 2.05) is 0 Å². The summed E-state index contributed by atoms with van der Waals surface area (Å²) in [6, 6.07) is 0. The number of carboxylic acid groups (broad SMARTS) is 1. The number of hydrogen-bond donors (Lipinski definition) is 2. The standard InChI is InChI=1S/C16H27NO4/c1-3-11-8-12(13(9-11)15(19)20)14(18)17-10-16(4-5-16)6-7-21-2/h11-13H,3-10H2,1-2H3,(H,17,18)(H,19,20). The Hall–Kier alpha value is -1.10. The molecule has 2 saturated carbocycles. The zero-order valence-corrected chi connectivity index (χ0v) is 13.1. The summed E-state index contributed by atoms with van der Waals surface area (Å²) in [5, 5.41) is 12.3. The van der Waals surface area contributed by atoms with Gasteiger partial charge in [-0.1, -0.05) is 13.3 Å². The van der Waals surface area contributed by atoms with E-state index >= 15 is 0 Å². The van der Waals surface area contributed by atoms with E-state index in [-0.39, 0.29) is 17.2 Å². The molecule has 2 rings (SSSR count).